The number of thiazole rings is 1. The summed E-state index contributed by atoms with van der Waals surface area (Å²) in [5, 5.41) is 42.0. The minimum atomic E-state index is -1.60. The lowest BCUT2D eigenvalue weighted by Gasteiger charge is -2.40. The lowest BCUT2D eigenvalue weighted by Crippen LogP contribution is -2.64. The largest absolute Gasteiger partial charge is 0.394 e. The molecule has 1 aromatic carbocycles. The Bertz CT molecular complexity index is 814. The third kappa shape index (κ3) is 4.00. The van der Waals surface area contributed by atoms with Gasteiger partial charge in [0.25, 0.3) is 5.91 Å². The number of carbonyl (C=O) groups is 1. The number of benzene rings is 1. The van der Waals surface area contributed by atoms with E-state index in [0.717, 1.165) is 11.3 Å². The van der Waals surface area contributed by atoms with Crippen molar-refractivity contribution in [1.82, 2.24) is 10.3 Å². The van der Waals surface area contributed by atoms with Crippen molar-refractivity contribution in [3.8, 4) is 10.6 Å². The smallest absolute Gasteiger partial charge is 0.263 e. The van der Waals surface area contributed by atoms with Crippen molar-refractivity contribution in [3.05, 3.63) is 40.7 Å². The van der Waals surface area contributed by atoms with Gasteiger partial charge in [-0.05, 0) is 31.2 Å². The predicted molar refractivity (Wildman–Crippen MR) is 93.5 cm³/mol. The molecule has 0 saturated carbocycles. The van der Waals surface area contributed by atoms with Crippen molar-refractivity contribution in [1.29, 1.82) is 0 Å². The van der Waals surface area contributed by atoms with Gasteiger partial charge in [0.05, 0.1) is 12.3 Å². The number of aliphatic hydroxyl groups excluding tert-OH is 4. The Morgan fingerprint density at radius 2 is 1.93 bits per heavy atom. The van der Waals surface area contributed by atoms with Crippen LogP contribution in [0.2, 0.25) is 0 Å². The monoisotopic (exact) mass is 398 g/mol. The molecule has 2 heterocycles. The summed E-state index contributed by atoms with van der Waals surface area (Å²) < 4.78 is 18.1. The first-order valence-electron chi connectivity index (χ1n) is 8.16. The van der Waals surface area contributed by atoms with Crippen molar-refractivity contribution in [2.45, 2.75) is 37.6 Å². The van der Waals surface area contributed by atoms with Crippen molar-refractivity contribution in [2.75, 3.05) is 6.61 Å². The zero-order valence-corrected chi connectivity index (χ0v) is 15.1. The van der Waals surface area contributed by atoms with Gasteiger partial charge in [-0.1, -0.05) is 0 Å². The van der Waals surface area contributed by atoms with Gasteiger partial charge in [-0.15, -0.1) is 11.3 Å². The van der Waals surface area contributed by atoms with E-state index in [1.54, 1.807) is 19.1 Å². The molecule has 0 bridgehead atoms. The highest BCUT2D eigenvalue weighted by Crippen LogP contribution is 2.28. The molecule has 1 saturated heterocycles. The summed E-state index contributed by atoms with van der Waals surface area (Å²) in [5.74, 6) is -0.996. The molecule has 2 aromatic rings. The molecule has 1 amide bonds. The van der Waals surface area contributed by atoms with Gasteiger partial charge in [0.15, 0.2) is 6.29 Å². The van der Waals surface area contributed by atoms with E-state index in [-0.39, 0.29) is 10.7 Å². The van der Waals surface area contributed by atoms with Crippen molar-refractivity contribution in [3.63, 3.8) is 0 Å². The van der Waals surface area contributed by atoms with Gasteiger partial charge >= 0.3 is 0 Å². The van der Waals surface area contributed by atoms with Crippen LogP contribution < -0.4 is 5.32 Å². The van der Waals surface area contributed by atoms with Crippen molar-refractivity contribution >= 4 is 17.2 Å². The number of aromatic nitrogens is 1. The Hall–Kier alpha value is -1.95. The standard InChI is InChI=1S/C17H19FN2O6S/c1-7-14(27-16(19-7)8-2-4-9(18)5-3-8)15(24)20-11-13(23)12(22)10(6-21)26-17(11)25/h2-5,10-13,17,21-23,25H,6H2,1H3,(H,20,24)/t10-,11?,12?,13-,17?/m1/s1. The lowest BCUT2D eigenvalue weighted by molar-refractivity contribution is -0.252. The lowest BCUT2D eigenvalue weighted by atomic mass is 9.97. The molecule has 1 aromatic heterocycles. The molecule has 1 fully saturated rings. The number of halogens is 1. The fourth-order valence-corrected chi connectivity index (χ4v) is 3.77. The van der Waals surface area contributed by atoms with Crippen LogP contribution in [0.3, 0.4) is 0 Å². The Labute approximate surface area is 157 Å². The van der Waals surface area contributed by atoms with E-state index in [1.807, 2.05) is 0 Å². The summed E-state index contributed by atoms with van der Waals surface area (Å²) in [5.41, 5.74) is 1.07. The molecule has 0 aliphatic carbocycles. The van der Waals surface area contributed by atoms with E-state index < -0.39 is 43.2 Å². The highest BCUT2D eigenvalue weighted by molar-refractivity contribution is 7.17. The molecule has 3 rings (SSSR count). The normalized spacial score (nSPS) is 28.1. The summed E-state index contributed by atoms with van der Waals surface area (Å²) in [6.07, 6.45) is -5.76. The topological polar surface area (TPSA) is 132 Å². The number of amides is 1. The van der Waals surface area contributed by atoms with Gasteiger partial charge in [0, 0.05) is 5.56 Å². The second kappa shape index (κ2) is 7.97. The molecule has 146 valence electrons. The predicted octanol–water partition coefficient (Wildman–Crippen LogP) is -0.213. The van der Waals surface area contributed by atoms with Gasteiger partial charge < -0.3 is 30.5 Å². The Balaban J connectivity index is 1.77. The van der Waals surface area contributed by atoms with Crippen LogP contribution in [0.25, 0.3) is 10.6 Å². The van der Waals surface area contributed by atoms with E-state index in [4.69, 9.17) is 9.84 Å². The van der Waals surface area contributed by atoms with Crippen LogP contribution in [-0.2, 0) is 4.74 Å². The van der Waals surface area contributed by atoms with E-state index >= 15 is 0 Å². The molecule has 0 spiro atoms. The van der Waals surface area contributed by atoms with Crippen LogP contribution in [0, 0.1) is 12.7 Å². The quantitative estimate of drug-likeness (QED) is 0.481. The molecule has 1 aliphatic heterocycles. The van der Waals surface area contributed by atoms with Gasteiger partial charge in [0.2, 0.25) is 0 Å². The van der Waals surface area contributed by atoms with E-state index in [9.17, 15) is 24.5 Å². The van der Waals surface area contributed by atoms with E-state index in [2.05, 4.69) is 10.3 Å². The average Bonchev–Trinajstić information content (AvgIpc) is 3.04. The Morgan fingerprint density at radius 1 is 1.26 bits per heavy atom. The van der Waals surface area contributed by atoms with Gasteiger partial charge in [-0.3, -0.25) is 4.79 Å². The van der Waals surface area contributed by atoms with Crippen LogP contribution in [0.5, 0.6) is 0 Å². The molecular formula is C17H19FN2O6S. The number of rotatable bonds is 4. The van der Waals surface area contributed by atoms with Crippen LogP contribution >= 0.6 is 11.3 Å². The van der Waals surface area contributed by atoms with Gasteiger partial charge in [0.1, 0.15) is 40.1 Å². The van der Waals surface area contributed by atoms with Crippen LogP contribution in [0.15, 0.2) is 24.3 Å². The summed E-state index contributed by atoms with van der Waals surface area (Å²) >= 11 is 1.07. The number of ether oxygens (including phenoxy) is 1. The molecule has 1 aliphatic rings. The molecule has 10 heteroatoms. The summed E-state index contributed by atoms with van der Waals surface area (Å²) in [6, 6.07) is 4.38. The highest BCUT2D eigenvalue weighted by Gasteiger charge is 2.44. The number of hydrogen-bond donors (Lipinski definition) is 5. The second-order valence-electron chi connectivity index (χ2n) is 6.17. The number of nitrogens with zero attached hydrogens (tertiary/aromatic N) is 1. The fourth-order valence-electron chi connectivity index (χ4n) is 2.79. The first-order valence-corrected chi connectivity index (χ1v) is 8.98. The van der Waals surface area contributed by atoms with Crippen LogP contribution in [0.4, 0.5) is 4.39 Å². The molecule has 0 radical (unpaired) electrons. The van der Waals surface area contributed by atoms with Gasteiger partial charge in [-0.25, -0.2) is 9.37 Å². The first kappa shape index (κ1) is 19.8. The fraction of sp³-hybridized carbons (Fsp3) is 0.412. The van der Waals surface area contributed by atoms with Gasteiger partial charge in [-0.2, -0.15) is 0 Å². The third-order valence-electron chi connectivity index (χ3n) is 4.29. The molecule has 3 unspecified atom stereocenters. The molecule has 5 atom stereocenters. The van der Waals surface area contributed by atoms with Crippen LogP contribution in [0.1, 0.15) is 15.4 Å². The van der Waals surface area contributed by atoms with E-state index in [1.165, 1.54) is 12.1 Å². The zero-order chi connectivity index (χ0) is 19.7. The number of hydrogen-bond acceptors (Lipinski definition) is 8. The average molecular weight is 398 g/mol. The zero-order valence-electron chi connectivity index (χ0n) is 14.2. The SMILES string of the molecule is Cc1nc(-c2ccc(F)cc2)sc1C(=O)NC1C(O)O[C@H](CO)C(O)[C@@H]1O. The minimum Gasteiger partial charge on any atom is -0.394 e. The number of carbonyl (C=O) groups excluding carboxylic acids is 1. The van der Waals surface area contributed by atoms with E-state index in [0.29, 0.717) is 16.3 Å². The summed E-state index contributed by atoms with van der Waals surface area (Å²) in [7, 11) is 0. The highest BCUT2D eigenvalue weighted by atomic mass is 32.1. The Morgan fingerprint density at radius 3 is 2.56 bits per heavy atom. The number of aryl methyl sites for hydroxylation is 1. The minimum absolute atomic E-state index is 0.243. The maximum absolute atomic E-state index is 13.1. The second-order valence-corrected chi connectivity index (χ2v) is 7.17. The summed E-state index contributed by atoms with van der Waals surface area (Å²) in [6.45, 7) is 1.03. The van der Waals surface area contributed by atoms with Crippen molar-refractivity contribution in [2.24, 2.45) is 0 Å². The maximum Gasteiger partial charge on any atom is 0.263 e. The van der Waals surface area contributed by atoms with Crippen molar-refractivity contribution < 1.29 is 34.3 Å². The Kier molecular flexibility index (Phi) is 5.84. The summed E-state index contributed by atoms with van der Waals surface area (Å²) in [4.78, 5) is 17.1. The third-order valence-corrected chi connectivity index (χ3v) is 5.50. The molecule has 5 N–H and O–H groups in total. The molecule has 27 heavy (non-hydrogen) atoms. The van der Waals surface area contributed by atoms with Crippen LogP contribution in [-0.4, -0.2) is 68.6 Å². The molecular weight excluding hydrogens is 379 g/mol. The number of aliphatic hydroxyl groups is 4. The number of nitrogens with one attached hydrogen (secondary N) is 1. The molecule has 8 nitrogen and oxygen atoms in total. The maximum atomic E-state index is 13.1. The first-order chi connectivity index (χ1) is 12.8.